The summed E-state index contributed by atoms with van der Waals surface area (Å²) in [5, 5.41) is 10.9. The van der Waals surface area contributed by atoms with E-state index in [2.05, 4.69) is 0 Å². The number of carbonyl (C=O) groups is 1. The third-order valence-electron chi connectivity index (χ3n) is 3.29. The molecule has 1 aromatic rings. The zero-order chi connectivity index (χ0) is 16.4. The van der Waals surface area contributed by atoms with Crippen LogP contribution in [0, 0.1) is 24.0 Å². The van der Waals surface area contributed by atoms with Gasteiger partial charge < -0.3 is 16.2 Å². The molecular formula is C14H21N3O4. The maximum atomic E-state index is 11.2. The van der Waals surface area contributed by atoms with Crippen LogP contribution in [0.1, 0.15) is 31.4 Å². The Morgan fingerprint density at radius 1 is 1.43 bits per heavy atom. The molecule has 1 rings (SSSR count). The molecule has 21 heavy (non-hydrogen) atoms. The van der Waals surface area contributed by atoms with Crippen LogP contribution in [0.2, 0.25) is 0 Å². The lowest BCUT2D eigenvalue weighted by Crippen LogP contribution is -2.51. The fourth-order valence-electron chi connectivity index (χ4n) is 2.05. The zero-order valence-corrected chi connectivity index (χ0v) is 12.7. The Kier molecular flexibility index (Phi) is 4.90. The highest BCUT2D eigenvalue weighted by Gasteiger charge is 2.29. The Hall–Kier alpha value is -2.15. The molecule has 2 atom stereocenters. The first kappa shape index (κ1) is 16.9. The van der Waals surface area contributed by atoms with E-state index < -0.39 is 16.4 Å². The van der Waals surface area contributed by atoms with Gasteiger partial charge in [-0.2, -0.15) is 0 Å². The van der Waals surface area contributed by atoms with E-state index in [0.717, 1.165) is 0 Å². The first-order valence-corrected chi connectivity index (χ1v) is 6.55. The normalized spacial score (nSPS) is 15.1. The molecule has 0 bridgehead atoms. The fraction of sp³-hybridized carbons (Fsp3) is 0.500. The number of aryl methyl sites for hydroxylation is 2. The third kappa shape index (κ3) is 4.16. The molecule has 2 unspecified atom stereocenters. The number of nitro groups is 1. The van der Waals surface area contributed by atoms with Crippen molar-refractivity contribution in [3.8, 4) is 5.75 Å². The molecule has 7 heteroatoms. The predicted octanol–water partition coefficient (Wildman–Crippen LogP) is 1.57. The topological polar surface area (TPSA) is 121 Å². The number of nitro benzene ring substituents is 1. The minimum absolute atomic E-state index is 0.0494. The van der Waals surface area contributed by atoms with Gasteiger partial charge in [0.05, 0.1) is 16.6 Å². The summed E-state index contributed by atoms with van der Waals surface area (Å²) in [5.74, 6) is -0.0691. The molecule has 0 aliphatic rings. The number of hydrogen-bond acceptors (Lipinski definition) is 5. The van der Waals surface area contributed by atoms with Crippen LogP contribution in [-0.2, 0) is 4.79 Å². The molecule has 1 aromatic carbocycles. The van der Waals surface area contributed by atoms with Gasteiger partial charge in [0.15, 0.2) is 0 Å². The molecule has 4 N–H and O–H groups in total. The first-order valence-electron chi connectivity index (χ1n) is 6.55. The average molecular weight is 295 g/mol. The van der Waals surface area contributed by atoms with Crippen LogP contribution in [0.5, 0.6) is 5.75 Å². The highest BCUT2D eigenvalue weighted by molar-refractivity contribution is 5.83. The van der Waals surface area contributed by atoms with Gasteiger partial charge in [0.2, 0.25) is 5.91 Å². The second kappa shape index (κ2) is 6.09. The lowest BCUT2D eigenvalue weighted by atomic mass is 9.95. The summed E-state index contributed by atoms with van der Waals surface area (Å²) in [7, 11) is 0. The molecule has 0 fully saturated rings. The Morgan fingerprint density at radius 3 is 2.48 bits per heavy atom. The van der Waals surface area contributed by atoms with Crippen molar-refractivity contribution in [3.63, 3.8) is 0 Å². The number of primary amides is 1. The van der Waals surface area contributed by atoms with Crippen molar-refractivity contribution in [2.24, 2.45) is 11.5 Å². The molecule has 0 aliphatic heterocycles. The molecule has 0 spiro atoms. The van der Waals surface area contributed by atoms with Crippen molar-refractivity contribution in [3.05, 3.63) is 33.4 Å². The van der Waals surface area contributed by atoms with Crippen molar-refractivity contribution < 1.29 is 14.5 Å². The summed E-state index contributed by atoms with van der Waals surface area (Å²) >= 11 is 0. The largest absolute Gasteiger partial charge is 0.490 e. The highest BCUT2D eigenvalue weighted by Crippen LogP contribution is 2.29. The standard InChI is InChI=1S/C14H21N3O4/c1-8-6-12(9(2)5-11(8)17(19)20)21-10(3)7-14(4,16)13(15)18/h5-6,10H,7,16H2,1-4H3,(H2,15,18). The van der Waals surface area contributed by atoms with Gasteiger partial charge in [-0.05, 0) is 39.3 Å². The van der Waals surface area contributed by atoms with Gasteiger partial charge in [-0.15, -0.1) is 0 Å². The van der Waals surface area contributed by atoms with Crippen LogP contribution in [0.3, 0.4) is 0 Å². The van der Waals surface area contributed by atoms with Gasteiger partial charge in [-0.1, -0.05) is 0 Å². The Balaban J connectivity index is 2.91. The van der Waals surface area contributed by atoms with E-state index in [1.54, 1.807) is 33.8 Å². The molecule has 0 radical (unpaired) electrons. The number of nitrogens with zero attached hydrogens (tertiary/aromatic N) is 1. The minimum Gasteiger partial charge on any atom is -0.490 e. The average Bonchev–Trinajstić information content (AvgIpc) is 2.31. The van der Waals surface area contributed by atoms with E-state index in [1.165, 1.54) is 6.07 Å². The van der Waals surface area contributed by atoms with Crippen molar-refractivity contribution >= 4 is 11.6 Å². The minimum atomic E-state index is -1.16. The van der Waals surface area contributed by atoms with Crippen molar-refractivity contribution in [1.29, 1.82) is 0 Å². The van der Waals surface area contributed by atoms with E-state index in [-0.39, 0.29) is 18.2 Å². The van der Waals surface area contributed by atoms with Crippen molar-refractivity contribution in [2.75, 3.05) is 0 Å². The van der Waals surface area contributed by atoms with Crippen LogP contribution in [0.15, 0.2) is 12.1 Å². The summed E-state index contributed by atoms with van der Waals surface area (Å²) in [6.07, 6.45) is -0.107. The van der Waals surface area contributed by atoms with Crippen molar-refractivity contribution in [2.45, 2.75) is 45.8 Å². The Morgan fingerprint density at radius 2 is 2.00 bits per heavy atom. The molecule has 0 saturated carbocycles. The molecule has 116 valence electrons. The van der Waals surface area contributed by atoms with Gasteiger partial charge in [0, 0.05) is 18.1 Å². The maximum Gasteiger partial charge on any atom is 0.272 e. The van der Waals surface area contributed by atoms with E-state index >= 15 is 0 Å². The van der Waals surface area contributed by atoms with E-state index in [0.29, 0.717) is 16.9 Å². The summed E-state index contributed by atoms with van der Waals surface area (Å²) in [4.78, 5) is 21.7. The van der Waals surface area contributed by atoms with Crippen LogP contribution < -0.4 is 16.2 Å². The summed E-state index contributed by atoms with van der Waals surface area (Å²) in [5.41, 5.74) is 11.1. The lowest BCUT2D eigenvalue weighted by molar-refractivity contribution is -0.385. The van der Waals surface area contributed by atoms with Crippen LogP contribution in [0.4, 0.5) is 5.69 Å². The van der Waals surface area contributed by atoms with Crippen molar-refractivity contribution in [1.82, 2.24) is 0 Å². The maximum absolute atomic E-state index is 11.2. The Labute approximate surface area is 123 Å². The molecule has 0 aromatic heterocycles. The lowest BCUT2D eigenvalue weighted by Gasteiger charge is -2.25. The molecule has 0 heterocycles. The third-order valence-corrected chi connectivity index (χ3v) is 3.29. The molecule has 7 nitrogen and oxygen atoms in total. The summed E-state index contributed by atoms with van der Waals surface area (Å²) in [6, 6.07) is 3.08. The van der Waals surface area contributed by atoms with E-state index in [1.807, 2.05) is 0 Å². The van der Waals surface area contributed by atoms with Gasteiger partial charge in [-0.25, -0.2) is 0 Å². The van der Waals surface area contributed by atoms with Gasteiger partial charge in [0.25, 0.3) is 5.69 Å². The van der Waals surface area contributed by atoms with E-state index in [9.17, 15) is 14.9 Å². The number of benzene rings is 1. The summed E-state index contributed by atoms with van der Waals surface area (Å²) < 4.78 is 5.74. The molecule has 1 amide bonds. The Bertz CT molecular complexity index is 570. The second-order valence-corrected chi connectivity index (χ2v) is 5.58. The van der Waals surface area contributed by atoms with Crippen LogP contribution >= 0.6 is 0 Å². The summed E-state index contributed by atoms with van der Waals surface area (Å²) in [6.45, 7) is 6.68. The zero-order valence-electron chi connectivity index (χ0n) is 12.7. The number of amides is 1. The van der Waals surface area contributed by atoms with Gasteiger partial charge >= 0.3 is 0 Å². The first-order chi connectivity index (χ1) is 9.54. The predicted molar refractivity (Wildman–Crippen MR) is 79.1 cm³/mol. The van der Waals surface area contributed by atoms with Gasteiger partial charge in [-0.3, -0.25) is 14.9 Å². The van der Waals surface area contributed by atoms with Gasteiger partial charge in [0.1, 0.15) is 5.75 Å². The SMILES string of the molecule is Cc1cc([N+](=O)[O-])c(C)cc1OC(C)CC(C)(N)C(N)=O. The number of hydrogen-bond donors (Lipinski definition) is 2. The monoisotopic (exact) mass is 295 g/mol. The number of nitrogens with two attached hydrogens (primary N) is 2. The molecule has 0 saturated heterocycles. The number of rotatable bonds is 6. The smallest absolute Gasteiger partial charge is 0.272 e. The number of ether oxygens (including phenoxy) is 1. The van der Waals surface area contributed by atoms with Crippen LogP contribution in [-0.4, -0.2) is 22.5 Å². The highest BCUT2D eigenvalue weighted by atomic mass is 16.6. The second-order valence-electron chi connectivity index (χ2n) is 5.58. The molecule has 0 aliphatic carbocycles. The number of carbonyl (C=O) groups excluding carboxylic acids is 1. The van der Waals surface area contributed by atoms with E-state index in [4.69, 9.17) is 16.2 Å². The quantitative estimate of drug-likeness (QED) is 0.609. The fourth-order valence-corrected chi connectivity index (χ4v) is 2.05. The molecular weight excluding hydrogens is 274 g/mol. The van der Waals surface area contributed by atoms with Crippen LogP contribution in [0.25, 0.3) is 0 Å².